The first-order valence-electron chi connectivity index (χ1n) is 7.42. The van der Waals surface area contributed by atoms with E-state index >= 15 is 0 Å². The first-order chi connectivity index (χ1) is 10.7. The normalized spacial score (nSPS) is 24.6. The number of nitrogens with one attached hydrogen (secondary N) is 1. The van der Waals surface area contributed by atoms with Gasteiger partial charge in [0.05, 0.1) is 6.54 Å². The van der Waals surface area contributed by atoms with E-state index in [2.05, 4.69) is 27.3 Å². The molecule has 0 radical (unpaired) electrons. The van der Waals surface area contributed by atoms with Crippen LogP contribution in [-0.4, -0.2) is 58.0 Å². The summed E-state index contributed by atoms with van der Waals surface area (Å²) in [6.45, 7) is 5.58. The minimum Gasteiger partial charge on any atom is -0.444 e. The fraction of sp³-hybridized carbons (Fsp3) is 0.667. The van der Waals surface area contributed by atoms with Crippen molar-refractivity contribution in [3.8, 4) is 0 Å². The van der Waals surface area contributed by atoms with E-state index < -0.39 is 17.7 Å². The average Bonchev–Trinajstić information content (AvgIpc) is 3.00. The van der Waals surface area contributed by atoms with Gasteiger partial charge in [0.2, 0.25) is 5.91 Å². The Morgan fingerprint density at radius 1 is 1.48 bits per heavy atom. The van der Waals surface area contributed by atoms with Gasteiger partial charge in [-0.2, -0.15) is 0 Å². The highest BCUT2D eigenvalue weighted by Gasteiger charge is 2.40. The second kappa shape index (κ2) is 7.25. The molecule has 2 aliphatic heterocycles. The molecular formula is C15H21BrN2O4S. The minimum atomic E-state index is -0.788. The van der Waals surface area contributed by atoms with Gasteiger partial charge in [0.1, 0.15) is 11.6 Å². The summed E-state index contributed by atoms with van der Waals surface area (Å²) >= 11 is 5.17. The second-order valence-electron chi connectivity index (χ2n) is 6.54. The van der Waals surface area contributed by atoms with Crippen molar-refractivity contribution in [3.63, 3.8) is 0 Å². The lowest BCUT2D eigenvalue weighted by atomic mass is 10.2. The zero-order valence-corrected chi connectivity index (χ0v) is 15.8. The Morgan fingerprint density at radius 3 is 2.74 bits per heavy atom. The van der Waals surface area contributed by atoms with Crippen LogP contribution in [-0.2, 0) is 14.3 Å². The number of amides is 2. The third kappa shape index (κ3) is 5.24. The SMILES string of the molecule is CC(C)(C)OC(=O)N1CC(=O)C[C@H]1C(=O)NCC1=CC(Br)CS1. The van der Waals surface area contributed by atoms with E-state index in [4.69, 9.17) is 4.74 Å². The van der Waals surface area contributed by atoms with Crippen LogP contribution in [0, 0.1) is 0 Å². The number of thioether (sulfide) groups is 1. The number of rotatable bonds is 3. The molecule has 0 spiro atoms. The summed E-state index contributed by atoms with van der Waals surface area (Å²) in [5, 5.41) is 2.80. The molecule has 6 nitrogen and oxygen atoms in total. The molecule has 128 valence electrons. The standard InChI is InChI=1S/C15H21BrN2O4S/c1-15(2,3)22-14(21)18-7-10(19)5-12(18)13(20)17-6-11-4-9(16)8-23-11/h4,9,12H,5-8H2,1-3H3,(H,17,20)/t9?,12-/m0/s1. The summed E-state index contributed by atoms with van der Waals surface area (Å²) in [5.74, 6) is 0.490. The van der Waals surface area contributed by atoms with Crippen molar-refractivity contribution in [2.24, 2.45) is 0 Å². The van der Waals surface area contributed by atoms with Gasteiger partial charge in [0, 0.05) is 28.5 Å². The first-order valence-corrected chi connectivity index (χ1v) is 9.32. The fourth-order valence-electron chi connectivity index (χ4n) is 2.32. The third-order valence-corrected chi connectivity index (χ3v) is 5.50. The molecule has 0 aromatic rings. The van der Waals surface area contributed by atoms with E-state index in [1.54, 1.807) is 32.5 Å². The monoisotopic (exact) mass is 404 g/mol. The number of ether oxygens (including phenoxy) is 1. The number of carbonyl (C=O) groups is 3. The summed E-state index contributed by atoms with van der Waals surface area (Å²) < 4.78 is 5.28. The molecule has 2 aliphatic rings. The molecule has 1 saturated heterocycles. The summed E-state index contributed by atoms with van der Waals surface area (Å²) in [6, 6.07) is -0.788. The number of ketones is 1. The number of hydrogen-bond acceptors (Lipinski definition) is 5. The van der Waals surface area contributed by atoms with Crippen LogP contribution < -0.4 is 5.32 Å². The third-order valence-electron chi connectivity index (χ3n) is 3.31. The lowest BCUT2D eigenvalue weighted by Gasteiger charge is -2.27. The Bertz CT molecular complexity index is 544. The molecule has 0 aromatic heterocycles. The number of carbonyl (C=O) groups excluding carboxylic acids is 3. The van der Waals surface area contributed by atoms with Gasteiger partial charge in [0.25, 0.3) is 0 Å². The van der Waals surface area contributed by atoms with Crippen LogP contribution in [0.4, 0.5) is 4.79 Å². The van der Waals surface area contributed by atoms with Crippen molar-refractivity contribution < 1.29 is 19.1 Å². The van der Waals surface area contributed by atoms with E-state index in [1.165, 1.54) is 4.90 Å². The molecule has 0 saturated carbocycles. The van der Waals surface area contributed by atoms with E-state index in [1.807, 2.05) is 0 Å². The fourth-order valence-corrected chi connectivity index (χ4v) is 4.12. The topological polar surface area (TPSA) is 75.7 Å². The number of likely N-dealkylation sites (tertiary alicyclic amines) is 1. The van der Waals surface area contributed by atoms with Crippen LogP contribution in [0.15, 0.2) is 11.0 Å². The van der Waals surface area contributed by atoms with E-state index in [-0.39, 0.29) is 24.7 Å². The molecule has 1 fully saturated rings. The zero-order chi connectivity index (χ0) is 17.2. The maximum absolute atomic E-state index is 12.3. The largest absolute Gasteiger partial charge is 0.444 e. The molecule has 2 amide bonds. The van der Waals surface area contributed by atoms with E-state index in [0.717, 1.165) is 10.7 Å². The molecule has 8 heteroatoms. The number of alkyl halides is 1. The van der Waals surface area contributed by atoms with Gasteiger partial charge >= 0.3 is 6.09 Å². The minimum absolute atomic E-state index is 0.0400. The Labute approximate surface area is 148 Å². The molecule has 0 aromatic carbocycles. The van der Waals surface area contributed by atoms with Crippen molar-refractivity contribution in [3.05, 3.63) is 11.0 Å². The molecule has 0 aliphatic carbocycles. The van der Waals surface area contributed by atoms with Gasteiger partial charge in [-0.25, -0.2) is 4.79 Å². The highest BCUT2D eigenvalue weighted by atomic mass is 79.9. The van der Waals surface area contributed by atoms with E-state index in [0.29, 0.717) is 11.4 Å². The quantitative estimate of drug-likeness (QED) is 0.728. The van der Waals surface area contributed by atoms with E-state index in [9.17, 15) is 14.4 Å². The molecule has 23 heavy (non-hydrogen) atoms. The molecule has 1 unspecified atom stereocenters. The Hall–Kier alpha value is -1.02. The van der Waals surface area contributed by atoms with Crippen molar-refractivity contribution in [1.29, 1.82) is 0 Å². The lowest BCUT2D eigenvalue weighted by molar-refractivity contribution is -0.125. The van der Waals surface area contributed by atoms with Gasteiger partial charge < -0.3 is 10.1 Å². The highest BCUT2D eigenvalue weighted by Crippen LogP contribution is 2.28. The molecule has 2 atom stereocenters. The van der Waals surface area contributed by atoms with Crippen molar-refractivity contribution in [2.45, 2.75) is 43.7 Å². The van der Waals surface area contributed by atoms with Crippen molar-refractivity contribution >= 4 is 45.5 Å². The van der Waals surface area contributed by atoms with Crippen LogP contribution in [0.1, 0.15) is 27.2 Å². The zero-order valence-electron chi connectivity index (χ0n) is 13.4. The Morgan fingerprint density at radius 2 is 2.17 bits per heavy atom. The number of hydrogen-bond donors (Lipinski definition) is 1. The van der Waals surface area contributed by atoms with Gasteiger partial charge in [-0.1, -0.05) is 22.0 Å². The molecule has 0 bridgehead atoms. The Balaban J connectivity index is 1.95. The van der Waals surface area contributed by atoms with Crippen molar-refractivity contribution in [2.75, 3.05) is 18.8 Å². The average molecular weight is 405 g/mol. The van der Waals surface area contributed by atoms with Gasteiger partial charge in [0.15, 0.2) is 5.78 Å². The summed E-state index contributed by atoms with van der Waals surface area (Å²) in [6.07, 6.45) is 1.47. The Kier molecular flexibility index (Phi) is 5.78. The molecule has 2 rings (SSSR count). The predicted octanol–water partition coefficient (Wildman–Crippen LogP) is 2.08. The predicted molar refractivity (Wildman–Crippen MR) is 92.6 cm³/mol. The smallest absolute Gasteiger partial charge is 0.411 e. The number of Topliss-reactive ketones (excluding diaryl/α,β-unsaturated/α-hetero) is 1. The van der Waals surface area contributed by atoms with Crippen LogP contribution in [0.25, 0.3) is 0 Å². The molecule has 1 N–H and O–H groups in total. The van der Waals surface area contributed by atoms with Crippen LogP contribution >= 0.6 is 27.7 Å². The highest BCUT2D eigenvalue weighted by molar-refractivity contribution is 9.09. The second-order valence-corrected chi connectivity index (χ2v) is 8.87. The van der Waals surface area contributed by atoms with Crippen LogP contribution in [0.2, 0.25) is 0 Å². The number of nitrogens with zero attached hydrogens (tertiary/aromatic N) is 1. The summed E-state index contributed by atoms with van der Waals surface area (Å²) in [5.41, 5.74) is -0.667. The number of allylic oxidation sites excluding steroid dienone is 1. The maximum Gasteiger partial charge on any atom is 0.411 e. The van der Waals surface area contributed by atoms with Crippen LogP contribution in [0.3, 0.4) is 0 Å². The lowest BCUT2D eigenvalue weighted by Crippen LogP contribution is -2.47. The van der Waals surface area contributed by atoms with Gasteiger partial charge in [-0.05, 0) is 20.8 Å². The summed E-state index contributed by atoms with van der Waals surface area (Å²) in [4.78, 5) is 38.8. The first kappa shape index (κ1) is 18.3. The summed E-state index contributed by atoms with van der Waals surface area (Å²) in [7, 11) is 0. The number of halogens is 1. The van der Waals surface area contributed by atoms with Crippen molar-refractivity contribution in [1.82, 2.24) is 10.2 Å². The van der Waals surface area contributed by atoms with Gasteiger partial charge in [-0.15, -0.1) is 11.8 Å². The van der Waals surface area contributed by atoms with Gasteiger partial charge in [-0.3, -0.25) is 14.5 Å². The van der Waals surface area contributed by atoms with Crippen LogP contribution in [0.5, 0.6) is 0 Å². The molecule has 2 heterocycles. The maximum atomic E-state index is 12.3. The molecular weight excluding hydrogens is 384 g/mol.